The van der Waals surface area contributed by atoms with Crippen molar-refractivity contribution in [1.82, 2.24) is 0 Å². The maximum atomic E-state index is 5.64. The molecule has 1 rings (SSSR count). The van der Waals surface area contributed by atoms with E-state index in [1.54, 1.807) is 13.2 Å². The Morgan fingerprint density at radius 3 is 2.36 bits per heavy atom. The Balaban J connectivity index is 3.29. The zero-order valence-electron chi connectivity index (χ0n) is 6.72. The molecule has 3 nitrogen and oxygen atoms in total. The number of hydrogen-bond donors (Lipinski definition) is 2. The van der Waals surface area contributed by atoms with Crippen molar-refractivity contribution in [2.45, 2.75) is 6.92 Å². The van der Waals surface area contributed by atoms with E-state index in [9.17, 15) is 0 Å². The lowest BCUT2D eigenvalue weighted by atomic mass is 10.1. The van der Waals surface area contributed by atoms with Crippen LogP contribution < -0.4 is 16.2 Å². The van der Waals surface area contributed by atoms with E-state index in [-0.39, 0.29) is 0 Å². The minimum absolute atomic E-state index is 0.521. The fraction of sp³-hybridized carbons (Fsp3) is 0.250. The van der Waals surface area contributed by atoms with Gasteiger partial charge in [-0.05, 0) is 18.6 Å². The van der Waals surface area contributed by atoms with Crippen LogP contribution in [0.5, 0.6) is 5.75 Å². The van der Waals surface area contributed by atoms with Crippen LogP contribution in [0.25, 0.3) is 0 Å². The van der Waals surface area contributed by atoms with Crippen LogP contribution in [0, 0.1) is 6.92 Å². The Kier molecular flexibility index (Phi) is 1.89. The minimum Gasteiger partial charge on any atom is -0.494 e. The zero-order chi connectivity index (χ0) is 8.43. The van der Waals surface area contributed by atoms with Gasteiger partial charge in [-0.2, -0.15) is 0 Å². The second kappa shape index (κ2) is 2.70. The van der Waals surface area contributed by atoms with Crippen LogP contribution in [-0.4, -0.2) is 7.11 Å². The summed E-state index contributed by atoms with van der Waals surface area (Å²) in [5, 5.41) is 0. The highest BCUT2D eigenvalue weighted by molar-refractivity contribution is 5.72. The molecular weight excluding hydrogens is 140 g/mol. The van der Waals surface area contributed by atoms with Crippen LogP contribution in [0.1, 0.15) is 5.56 Å². The number of aryl methyl sites for hydroxylation is 1. The van der Waals surface area contributed by atoms with Gasteiger partial charge in [0.1, 0.15) is 5.75 Å². The summed E-state index contributed by atoms with van der Waals surface area (Å²) in [6.45, 7) is 1.93. The van der Waals surface area contributed by atoms with Gasteiger partial charge in [0.15, 0.2) is 0 Å². The standard InChI is InChI=1S/C8H12N2O/c1-5-3-4-6(9)7(10)8(5)11-2/h3-4H,9-10H2,1-2H3. The van der Waals surface area contributed by atoms with Crippen molar-refractivity contribution in [3.05, 3.63) is 17.7 Å². The molecule has 11 heavy (non-hydrogen) atoms. The molecule has 1 aromatic carbocycles. The second-order valence-corrected chi connectivity index (χ2v) is 2.42. The van der Waals surface area contributed by atoms with E-state index >= 15 is 0 Å². The number of nitrogen functional groups attached to an aromatic ring is 2. The SMILES string of the molecule is COc1c(C)ccc(N)c1N. The number of anilines is 2. The average molecular weight is 152 g/mol. The van der Waals surface area contributed by atoms with Gasteiger partial charge in [0.05, 0.1) is 18.5 Å². The molecule has 4 N–H and O–H groups in total. The van der Waals surface area contributed by atoms with Gasteiger partial charge < -0.3 is 16.2 Å². The monoisotopic (exact) mass is 152 g/mol. The molecule has 0 heterocycles. The Morgan fingerprint density at radius 1 is 1.27 bits per heavy atom. The van der Waals surface area contributed by atoms with Crippen molar-refractivity contribution in [1.29, 1.82) is 0 Å². The number of hydrogen-bond acceptors (Lipinski definition) is 3. The lowest BCUT2D eigenvalue weighted by molar-refractivity contribution is 0.414. The molecule has 0 spiro atoms. The van der Waals surface area contributed by atoms with Crippen molar-refractivity contribution < 1.29 is 4.74 Å². The largest absolute Gasteiger partial charge is 0.494 e. The van der Waals surface area contributed by atoms with Gasteiger partial charge in [0, 0.05) is 0 Å². The summed E-state index contributed by atoms with van der Waals surface area (Å²) >= 11 is 0. The van der Waals surface area contributed by atoms with E-state index in [0.29, 0.717) is 17.1 Å². The Hall–Kier alpha value is -1.38. The summed E-state index contributed by atoms with van der Waals surface area (Å²) in [5.74, 6) is 0.671. The average Bonchev–Trinajstić information content (AvgIpc) is 1.99. The molecular formula is C8H12N2O. The van der Waals surface area contributed by atoms with Crippen molar-refractivity contribution >= 4 is 11.4 Å². The first-order valence-electron chi connectivity index (χ1n) is 3.35. The Bertz CT molecular complexity index is 271. The second-order valence-electron chi connectivity index (χ2n) is 2.42. The topological polar surface area (TPSA) is 61.3 Å². The summed E-state index contributed by atoms with van der Waals surface area (Å²) in [5.41, 5.74) is 13.3. The maximum absolute atomic E-state index is 5.64. The van der Waals surface area contributed by atoms with Gasteiger partial charge in [0.2, 0.25) is 0 Å². The molecule has 0 saturated carbocycles. The summed E-state index contributed by atoms with van der Waals surface area (Å²) in [6, 6.07) is 3.65. The number of benzene rings is 1. The van der Waals surface area contributed by atoms with E-state index in [2.05, 4.69) is 0 Å². The highest BCUT2D eigenvalue weighted by Gasteiger charge is 2.04. The van der Waals surface area contributed by atoms with Crippen LogP contribution in [-0.2, 0) is 0 Å². The molecule has 3 heteroatoms. The normalized spacial score (nSPS) is 9.64. The zero-order valence-corrected chi connectivity index (χ0v) is 6.72. The van der Waals surface area contributed by atoms with Gasteiger partial charge >= 0.3 is 0 Å². The minimum atomic E-state index is 0.521. The Labute approximate surface area is 66.0 Å². The molecule has 0 radical (unpaired) electrons. The molecule has 0 unspecified atom stereocenters. The van der Waals surface area contributed by atoms with Crippen LogP contribution in [0.15, 0.2) is 12.1 Å². The lowest BCUT2D eigenvalue weighted by Crippen LogP contribution is -1.99. The Morgan fingerprint density at radius 2 is 1.91 bits per heavy atom. The summed E-state index contributed by atoms with van der Waals surface area (Å²) < 4.78 is 5.05. The first kappa shape index (κ1) is 7.72. The number of methoxy groups -OCH3 is 1. The third kappa shape index (κ3) is 1.22. The van der Waals surface area contributed by atoms with Crippen molar-refractivity contribution in [2.24, 2.45) is 0 Å². The molecule has 0 aliphatic carbocycles. The molecule has 0 aliphatic rings. The molecule has 0 fully saturated rings. The molecule has 0 bridgehead atoms. The van der Waals surface area contributed by atoms with Crippen molar-refractivity contribution in [3.63, 3.8) is 0 Å². The van der Waals surface area contributed by atoms with Gasteiger partial charge in [-0.1, -0.05) is 6.07 Å². The fourth-order valence-corrected chi connectivity index (χ4v) is 0.995. The predicted molar refractivity (Wildman–Crippen MR) is 46.6 cm³/mol. The summed E-state index contributed by atoms with van der Waals surface area (Å²) in [4.78, 5) is 0. The van der Waals surface area contributed by atoms with Gasteiger partial charge in [-0.3, -0.25) is 0 Å². The molecule has 0 aromatic heterocycles. The first-order valence-corrected chi connectivity index (χ1v) is 3.35. The van der Waals surface area contributed by atoms with Crippen molar-refractivity contribution in [2.75, 3.05) is 18.6 Å². The molecule has 0 aliphatic heterocycles. The van der Waals surface area contributed by atoms with Crippen molar-refractivity contribution in [3.8, 4) is 5.75 Å². The smallest absolute Gasteiger partial charge is 0.146 e. The molecule has 0 saturated heterocycles. The third-order valence-corrected chi connectivity index (χ3v) is 1.63. The third-order valence-electron chi connectivity index (χ3n) is 1.63. The van der Waals surface area contributed by atoms with E-state index in [4.69, 9.17) is 16.2 Å². The van der Waals surface area contributed by atoms with Crippen LogP contribution in [0.4, 0.5) is 11.4 Å². The lowest BCUT2D eigenvalue weighted by Gasteiger charge is -2.09. The highest BCUT2D eigenvalue weighted by Crippen LogP contribution is 2.30. The van der Waals surface area contributed by atoms with Crippen LogP contribution in [0.2, 0.25) is 0 Å². The number of ether oxygens (including phenoxy) is 1. The highest BCUT2D eigenvalue weighted by atomic mass is 16.5. The first-order chi connectivity index (χ1) is 5.16. The van der Waals surface area contributed by atoms with Crippen LogP contribution >= 0.6 is 0 Å². The maximum Gasteiger partial charge on any atom is 0.146 e. The van der Waals surface area contributed by atoms with Gasteiger partial charge in [-0.25, -0.2) is 0 Å². The van der Waals surface area contributed by atoms with E-state index < -0.39 is 0 Å². The van der Waals surface area contributed by atoms with E-state index in [1.165, 1.54) is 0 Å². The van der Waals surface area contributed by atoms with Crippen LogP contribution in [0.3, 0.4) is 0 Å². The predicted octanol–water partition coefficient (Wildman–Crippen LogP) is 1.17. The molecule has 60 valence electrons. The van der Waals surface area contributed by atoms with E-state index in [1.807, 2.05) is 13.0 Å². The van der Waals surface area contributed by atoms with E-state index in [0.717, 1.165) is 5.56 Å². The number of nitrogens with two attached hydrogens (primary N) is 2. The van der Waals surface area contributed by atoms with Gasteiger partial charge in [-0.15, -0.1) is 0 Å². The summed E-state index contributed by atoms with van der Waals surface area (Å²) in [6.07, 6.45) is 0. The number of rotatable bonds is 1. The van der Waals surface area contributed by atoms with Gasteiger partial charge in [0.25, 0.3) is 0 Å². The molecule has 0 atom stereocenters. The molecule has 1 aromatic rings. The molecule has 0 amide bonds. The summed E-state index contributed by atoms with van der Waals surface area (Å²) in [7, 11) is 1.58. The quantitative estimate of drug-likeness (QED) is 0.594. The fourth-order valence-electron chi connectivity index (χ4n) is 0.995.